The van der Waals surface area contributed by atoms with Crippen molar-refractivity contribution in [3.8, 4) is 5.75 Å². The van der Waals surface area contributed by atoms with E-state index in [1.807, 2.05) is 0 Å². The van der Waals surface area contributed by atoms with E-state index in [0.29, 0.717) is 0 Å². The van der Waals surface area contributed by atoms with E-state index in [4.69, 9.17) is 14.6 Å². The molecule has 0 aromatic heterocycles. The highest BCUT2D eigenvalue weighted by Crippen LogP contribution is 2.29. The Morgan fingerprint density at radius 1 is 1.13 bits per heavy atom. The number of hydrogen-bond donors (Lipinski definition) is 5. The van der Waals surface area contributed by atoms with Gasteiger partial charge >= 0.3 is 5.97 Å². The summed E-state index contributed by atoms with van der Waals surface area (Å²) in [5, 5.41) is 40.7. The Balaban J connectivity index is 2.21. The predicted octanol–water partition coefficient (Wildman–Crippen LogP) is -1.08. The summed E-state index contributed by atoms with van der Waals surface area (Å²) in [5.74, 6) is -1.75. The van der Waals surface area contributed by atoms with Crippen LogP contribution >= 0.6 is 0 Å². The first-order valence-electron chi connectivity index (χ1n) is 6.77. The number of carbonyl (C=O) groups excluding carboxylic acids is 1. The molecule has 5 atom stereocenters. The molecule has 1 saturated heterocycles. The molecule has 1 aliphatic heterocycles. The second-order valence-electron chi connectivity index (χ2n) is 5.03. The van der Waals surface area contributed by atoms with Gasteiger partial charge in [0, 0.05) is 6.92 Å². The van der Waals surface area contributed by atoms with Crippen molar-refractivity contribution in [3.63, 3.8) is 0 Å². The van der Waals surface area contributed by atoms with Gasteiger partial charge in [0.25, 0.3) is 0 Å². The van der Waals surface area contributed by atoms with Crippen LogP contribution in [0.15, 0.2) is 24.3 Å². The van der Waals surface area contributed by atoms with Crippen LogP contribution in [0, 0.1) is 0 Å². The van der Waals surface area contributed by atoms with Crippen molar-refractivity contribution in [3.05, 3.63) is 24.3 Å². The molecule has 2 rings (SSSR count). The number of anilines is 1. The standard InChI is InChI=1S/C14H17NO8/c1-6(16)15-7-4-2-3-5-8(7)22-14-11(19)9(17)10(18)12(23-14)13(20)21/h2-5,9-12,14,17-19H,1H3,(H,15,16)(H,20,21)/t9-,10-,11+,12-,14+/m0/s1. The zero-order valence-electron chi connectivity index (χ0n) is 12.1. The molecule has 0 spiro atoms. The molecule has 1 aliphatic rings. The molecule has 1 amide bonds. The first kappa shape index (κ1) is 17.2. The number of hydrogen-bond acceptors (Lipinski definition) is 7. The van der Waals surface area contributed by atoms with Gasteiger partial charge in [-0.2, -0.15) is 0 Å². The molecule has 0 aliphatic carbocycles. The van der Waals surface area contributed by atoms with E-state index in [9.17, 15) is 24.9 Å². The summed E-state index contributed by atoms with van der Waals surface area (Å²) in [6.07, 6.45) is -8.53. The van der Waals surface area contributed by atoms with Crippen molar-refractivity contribution in [2.24, 2.45) is 0 Å². The van der Waals surface area contributed by atoms with Gasteiger partial charge in [-0.25, -0.2) is 4.79 Å². The van der Waals surface area contributed by atoms with E-state index in [2.05, 4.69) is 5.32 Å². The SMILES string of the molecule is CC(=O)Nc1ccccc1O[C@@H]1O[C@H](C(=O)O)[C@@H](O)[C@H](O)[C@H]1O. The molecule has 0 saturated carbocycles. The lowest BCUT2D eigenvalue weighted by molar-refractivity contribution is -0.271. The van der Waals surface area contributed by atoms with Crippen molar-refractivity contribution in [1.29, 1.82) is 0 Å². The largest absolute Gasteiger partial charge is 0.479 e. The van der Waals surface area contributed by atoms with Gasteiger partial charge in [0.2, 0.25) is 12.2 Å². The van der Waals surface area contributed by atoms with Crippen LogP contribution in [0.25, 0.3) is 0 Å². The van der Waals surface area contributed by atoms with Crippen molar-refractivity contribution < 1.29 is 39.5 Å². The Hall–Kier alpha value is -2.20. The average Bonchev–Trinajstić information content (AvgIpc) is 2.48. The van der Waals surface area contributed by atoms with Crippen molar-refractivity contribution >= 4 is 17.6 Å². The van der Waals surface area contributed by atoms with E-state index in [0.717, 1.165) is 0 Å². The molecule has 9 nitrogen and oxygen atoms in total. The number of para-hydroxylation sites is 2. The number of carboxylic acids is 1. The van der Waals surface area contributed by atoms with Crippen LogP contribution in [0.2, 0.25) is 0 Å². The van der Waals surface area contributed by atoms with Gasteiger partial charge in [-0.3, -0.25) is 4.79 Å². The van der Waals surface area contributed by atoms with Crippen molar-refractivity contribution in [1.82, 2.24) is 0 Å². The molecule has 1 fully saturated rings. The van der Waals surface area contributed by atoms with Crippen LogP contribution in [0.4, 0.5) is 5.69 Å². The number of amides is 1. The van der Waals surface area contributed by atoms with Gasteiger partial charge < -0.3 is 35.2 Å². The third-order valence-electron chi connectivity index (χ3n) is 3.25. The lowest BCUT2D eigenvalue weighted by atomic mass is 9.99. The maximum Gasteiger partial charge on any atom is 0.335 e. The summed E-state index contributed by atoms with van der Waals surface area (Å²) in [4.78, 5) is 22.2. The number of carbonyl (C=O) groups is 2. The van der Waals surface area contributed by atoms with E-state index < -0.39 is 36.7 Å². The van der Waals surface area contributed by atoms with E-state index in [1.165, 1.54) is 19.1 Å². The second-order valence-corrected chi connectivity index (χ2v) is 5.03. The summed E-state index contributed by atoms with van der Waals surface area (Å²) in [6, 6.07) is 6.23. The maximum atomic E-state index is 11.2. The van der Waals surface area contributed by atoms with Crippen LogP contribution in [-0.2, 0) is 14.3 Å². The molecule has 0 radical (unpaired) electrons. The molecule has 0 unspecified atom stereocenters. The fourth-order valence-corrected chi connectivity index (χ4v) is 2.14. The monoisotopic (exact) mass is 327 g/mol. The molecular weight excluding hydrogens is 310 g/mol. The highest BCUT2D eigenvalue weighted by molar-refractivity contribution is 5.90. The molecule has 5 N–H and O–H groups in total. The summed E-state index contributed by atoms with van der Waals surface area (Å²) >= 11 is 0. The van der Waals surface area contributed by atoms with Crippen molar-refractivity contribution in [2.75, 3.05) is 5.32 Å². The number of nitrogens with one attached hydrogen (secondary N) is 1. The first-order chi connectivity index (χ1) is 10.8. The fourth-order valence-electron chi connectivity index (χ4n) is 2.14. The molecule has 1 aromatic carbocycles. The quantitative estimate of drug-likeness (QED) is 0.469. The molecule has 0 bridgehead atoms. The first-order valence-corrected chi connectivity index (χ1v) is 6.77. The zero-order chi connectivity index (χ0) is 17.1. The number of ether oxygens (including phenoxy) is 2. The highest BCUT2D eigenvalue weighted by Gasteiger charge is 2.48. The van der Waals surface area contributed by atoms with Crippen LogP contribution in [-0.4, -0.2) is 63.0 Å². The van der Waals surface area contributed by atoms with Crippen molar-refractivity contribution in [2.45, 2.75) is 37.6 Å². The van der Waals surface area contributed by atoms with E-state index >= 15 is 0 Å². The van der Waals surface area contributed by atoms with E-state index in [1.54, 1.807) is 12.1 Å². The molecule has 1 heterocycles. The lowest BCUT2D eigenvalue weighted by Crippen LogP contribution is -2.61. The van der Waals surface area contributed by atoms with E-state index in [-0.39, 0.29) is 17.3 Å². The Morgan fingerprint density at radius 3 is 2.39 bits per heavy atom. The number of aliphatic hydroxyl groups excluding tert-OH is 3. The minimum atomic E-state index is -1.80. The molecule has 9 heteroatoms. The minimum Gasteiger partial charge on any atom is -0.479 e. The summed E-state index contributed by atoms with van der Waals surface area (Å²) in [7, 11) is 0. The van der Waals surface area contributed by atoms with Crippen LogP contribution in [0.3, 0.4) is 0 Å². The number of rotatable bonds is 4. The Kier molecular flexibility index (Phi) is 5.16. The smallest absolute Gasteiger partial charge is 0.335 e. The number of aliphatic hydroxyl groups is 3. The Labute approximate surface area is 131 Å². The molecular formula is C14H17NO8. The second kappa shape index (κ2) is 6.92. The summed E-state index contributed by atoms with van der Waals surface area (Å²) in [5.41, 5.74) is 0.281. The highest BCUT2D eigenvalue weighted by atomic mass is 16.7. The average molecular weight is 327 g/mol. The fraction of sp³-hybridized carbons (Fsp3) is 0.429. The summed E-state index contributed by atoms with van der Waals surface area (Å²) in [6.45, 7) is 1.29. The summed E-state index contributed by atoms with van der Waals surface area (Å²) < 4.78 is 10.4. The minimum absolute atomic E-state index is 0.111. The van der Waals surface area contributed by atoms with Gasteiger partial charge in [-0.05, 0) is 12.1 Å². The molecule has 1 aromatic rings. The topological polar surface area (TPSA) is 146 Å². The van der Waals surface area contributed by atoms with Gasteiger partial charge in [0.05, 0.1) is 5.69 Å². The molecule has 126 valence electrons. The third-order valence-corrected chi connectivity index (χ3v) is 3.25. The zero-order valence-corrected chi connectivity index (χ0v) is 12.1. The number of carboxylic acid groups (broad SMARTS) is 1. The van der Waals surface area contributed by atoms with Crippen LogP contribution < -0.4 is 10.1 Å². The van der Waals surface area contributed by atoms with Crippen LogP contribution in [0.5, 0.6) is 5.75 Å². The van der Waals surface area contributed by atoms with Gasteiger partial charge in [-0.1, -0.05) is 12.1 Å². The lowest BCUT2D eigenvalue weighted by Gasteiger charge is -2.38. The number of benzene rings is 1. The van der Waals surface area contributed by atoms with Crippen LogP contribution in [0.1, 0.15) is 6.92 Å². The normalized spacial score (nSPS) is 30.5. The predicted molar refractivity (Wildman–Crippen MR) is 75.7 cm³/mol. The maximum absolute atomic E-state index is 11.2. The third kappa shape index (κ3) is 3.77. The Bertz CT molecular complexity index is 592. The van der Waals surface area contributed by atoms with Gasteiger partial charge in [0.1, 0.15) is 24.1 Å². The Morgan fingerprint density at radius 2 is 1.78 bits per heavy atom. The molecule has 23 heavy (non-hydrogen) atoms. The van der Waals surface area contributed by atoms with Gasteiger partial charge in [0.15, 0.2) is 6.10 Å². The van der Waals surface area contributed by atoms with Gasteiger partial charge in [-0.15, -0.1) is 0 Å². The number of aliphatic carboxylic acids is 1.